The van der Waals surface area contributed by atoms with E-state index in [0.717, 1.165) is 0 Å². The zero-order valence-corrected chi connectivity index (χ0v) is 8.68. The van der Waals surface area contributed by atoms with Gasteiger partial charge < -0.3 is 16.8 Å². The number of nitrogens with one attached hydrogen (secondary N) is 2. The van der Waals surface area contributed by atoms with E-state index in [9.17, 15) is 0 Å². The molecule has 1 unspecified atom stereocenters. The fraction of sp³-hybridized carbons (Fsp3) is 0.250. The van der Waals surface area contributed by atoms with Crippen LogP contribution in [0.25, 0.3) is 0 Å². The Morgan fingerprint density at radius 2 is 2.19 bits per heavy atom. The maximum absolute atomic E-state index is 5.59. The summed E-state index contributed by atoms with van der Waals surface area (Å²) in [6.07, 6.45) is 0. The summed E-state index contributed by atoms with van der Waals surface area (Å²) in [5.41, 5.74) is 11.6. The van der Waals surface area contributed by atoms with Crippen LogP contribution in [0.2, 0.25) is 0 Å². The molecule has 2 aromatic heterocycles. The number of hydrogen-bond acceptors (Lipinski definition) is 7. The van der Waals surface area contributed by atoms with Gasteiger partial charge in [0.15, 0.2) is 5.82 Å². The Hall–Kier alpha value is -2.38. The summed E-state index contributed by atoms with van der Waals surface area (Å²) in [6, 6.07) is 3.31. The van der Waals surface area contributed by atoms with Crippen molar-refractivity contribution >= 4 is 17.3 Å². The van der Waals surface area contributed by atoms with Crippen LogP contribution in [0.4, 0.5) is 17.3 Å². The number of aromatic amines is 1. The highest BCUT2D eigenvalue weighted by Crippen LogP contribution is 2.18. The normalized spacial score (nSPS) is 12.3. The molecule has 0 aromatic carbocycles. The van der Waals surface area contributed by atoms with Crippen molar-refractivity contribution < 1.29 is 0 Å². The Labute approximate surface area is 91.4 Å². The van der Waals surface area contributed by atoms with Crippen molar-refractivity contribution in [1.29, 1.82) is 0 Å². The second-order valence-electron chi connectivity index (χ2n) is 3.31. The van der Waals surface area contributed by atoms with Gasteiger partial charge in [0.1, 0.15) is 11.6 Å². The van der Waals surface area contributed by atoms with Crippen LogP contribution in [0.5, 0.6) is 0 Å². The summed E-state index contributed by atoms with van der Waals surface area (Å²) < 4.78 is 0. The second-order valence-corrected chi connectivity index (χ2v) is 3.31. The highest BCUT2D eigenvalue weighted by molar-refractivity contribution is 5.61. The lowest BCUT2D eigenvalue weighted by molar-refractivity contribution is 0.788. The third-order valence-corrected chi connectivity index (χ3v) is 2.07. The molecule has 2 rings (SSSR count). The molecule has 0 saturated heterocycles. The Morgan fingerprint density at radius 1 is 1.38 bits per heavy atom. The number of aromatic nitrogens is 5. The lowest BCUT2D eigenvalue weighted by atomic mass is 10.3. The number of nitrogens with two attached hydrogens (primary N) is 2. The van der Waals surface area contributed by atoms with Gasteiger partial charge in [-0.1, -0.05) is 5.21 Å². The van der Waals surface area contributed by atoms with Gasteiger partial charge in [-0.3, -0.25) is 0 Å². The van der Waals surface area contributed by atoms with Crippen molar-refractivity contribution in [2.75, 3.05) is 16.8 Å². The van der Waals surface area contributed by atoms with Crippen molar-refractivity contribution in [3.8, 4) is 0 Å². The Morgan fingerprint density at radius 3 is 2.81 bits per heavy atom. The molecule has 0 radical (unpaired) electrons. The van der Waals surface area contributed by atoms with Crippen LogP contribution in [-0.4, -0.2) is 25.6 Å². The molecule has 0 aliphatic carbocycles. The fourth-order valence-electron chi connectivity index (χ4n) is 1.21. The van der Waals surface area contributed by atoms with Crippen LogP contribution in [0, 0.1) is 0 Å². The number of tetrazole rings is 1. The van der Waals surface area contributed by atoms with Crippen molar-refractivity contribution in [1.82, 2.24) is 25.6 Å². The van der Waals surface area contributed by atoms with Crippen molar-refractivity contribution in [3.05, 3.63) is 18.0 Å². The van der Waals surface area contributed by atoms with E-state index in [1.165, 1.54) is 0 Å². The molecule has 0 saturated carbocycles. The molecule has 0 amide bonds. The van der Waals surface area contributed by atoms with Crippen molar-refractivity contribution in [3.63, 3.8) is 0 Å². The topological polar surface area (TPSA) is 131 Å². The first-order valence-corrected chi connectivity index (χ1v) is 4.68. The maximum Gasteiger partial charge on any atom is 0.196 e. The van der Waals surface area contributed by atoms with Gasteiger partial charge >= 0.3 is 0 Å². The van der Waals surface area contributed by atoms with Crippen molar-refractivity contribution in [2.45, 2.75) is 13.0 Å². The quantitative estimate of drug-likeness (QED) is 0.569. The van der Waals surface area contributed by atoms with Gasteiger partial charge in [0.2, 0.25) is 0 Å². The molecule has 0 bridgehead atoms. The molecule has 0 aliphatic rings. The summed E-state index contributed by atoms with van der Waals surface area (Å²) in [7, 11) is 0. The number of pyridine rings is 1. The molecule has 0 spiro atoms. The maximum atomic E-state index is 5.59. The Balaban J connectivity index is 2.12. The van der Waals surface area contributed by atoms with Gasteiger partial charge in [0, 0.05) is 0 Å². The highest BCUT2D eigenvalue weighted by Gasteiger charge is 2.10. The van der Waals surface area contributed by atoms with Gasteiger partial charge in [0.05, 0.1) is 11.7 Å². The van der Waals surface area contributed by atoms with Crippen LogP contribution in [0.15, 0.2) is 12.1 Å². The average Bonchev–Trinajstić information content (AvgIpc) is 2.77. The summed E-state index contributed by atoms with van der Waals surface area (Å²) in [6.45, 7) is 1.89. The molecule has 6 N–H and O–H groups in total. The van der Waals surface area contributed by atoms with Gasteiger partial charge in [-0.15, -0.1) is 10.2 Å². The summed E-state index contributed by atoms with van der Waals surface area (Å²) in [5, 5.41) is 16.7. The molecule has 1 atom stereocenters. The molecule has 8 heteroatoms. The van der Waals surface area contributed by atoms with E-state index >= 15 is 0 Å². The number of H-pyrrole nitrogens is 1. The highest BCUT2D eigenvalue weighted by atomic mass is 15.5. The molecular formula is C8H12N8. The first-order valence-electron chi connectivity index (χ1n) is 4.68. The molecular weight excluding hydrogens is 208 g/mol. The monoisotopic (exact) mass is 220 g/mol. The Kier molecular flexibility index (Phi) is 2.54. The minimum Gasteiger partial charge on any atom is -0.396 e. The molecule has 84 valence electrons. The first kappa shape index (κ1) is 10.1. The zero-order chi connectivity index (χ0) is 11.5. The number of hydrogen-bond donors (Lipinski definition) is 4. The second kappa shape index (κ2) is 4.01. The van der Waals surface area contributed by atoms with E-state index in [1.54, 1.807) is 12.1 Å². The molecule has 2 heterocycles. The van der Waals surface area contributed by atoms with E-state index in [2.05, 4.69) is 30.9 Å². The predicted molar refractivity (Wildman–Crippen MR) is 59.3 cm³/mol. The number of rotatable bonds is 3. The molecule has 8 nitrogen and oxygen atoms in total. The van der Waals surface area contributed by atoms with Gasteiger partial charge in [0.25, 0.3) is 0 Å². The minimum absolute atomic E-state index is 0.116. The summed E-state index contributed by atoms with van der Waals surface area (Å²) >= 11 is 0. The molecule has 0 aliphatic heterocycles. The number of anilines is 3. The average molecular weight is 220 g/mol. The fourth-order valence-corrected chi connectivity index (χ4v) is 1.21. The first-order chi connectivity index (χ1) is 7.66. The zero-order valence-electron chi connectivity index (χ0n) is 8.68. The van der Waals surface area contributed by atoms with E-state index in [0.29, 0.717) is 23.1 Å². The van der Waals surface area contributed by atoms with E-state index in [-0.39, 0.29) is 6.04 Å². The number of nitrogens with zero attached hydrogens (tertiary/aromatic N) is 4. The van der Waals surface area contributed by atoms with Crippen LogP contribution in [0.3, 0.4) is 0 Å². The van der Waals surface area contributed by atoms with Gasteiger partial charge in [-0.2, -0.15) is 5.21 Å². The van der Waals surface area contributed by atoms with E-state index < -0.39 is 0 Å². The van der Waals surface area contributed by atoms with Crippen LogP contribution >= 0.6 is 0 Å². The third kappa shape index (κ3) is 2.00. The lowest BCUT2D eigenvalue weighted by Gasteiger charge is -2.11. The van der Waals surface area contributed by atoms with Gasteiger partial charge in [-0.05, 0) is 19.1 Å². The molecule has 0 fully saturated rings. The Bertz CT molecular complexity index is 465. The molecule has 16 heavy (non-hydrogen) atoms. The smallest absolute Gasteiger partial charge is 0.196 e. The largest absolute Gasteiger partial charge is 0.396 e. The van der Waals surface area contributed by atoms with Crippen LogP contribution in [0.1, 0.15) is 18.8 Å². The third-order valence-electron chi connectivity index (χ3n) is 2.07. The lowest BCUT2D eigenvalue weighted by Crippen LogP contribution is -2.10. The number of nitrogen functional groups attached to an aromatic ring is 2. The van der Waals surface area contributed by atoms with Crippen molar-refractivity contribution in [2.24, 2.45) is 0 Å². The summed E-state index contributed by atoms with van der Waals surface area (Å²) in [4.78, 5) is 4.08. The van der Waals surface area contributed by atoms with E-state index in [1.807, 2.05) is 6.92 Å². The predicted octanol–water partition coefficient (Wildman–Crippen LogP) is -0.0678. The molecule has 2 aromatic rings. The van der Waals surface area contributed by atoms with E-state index in [4.69, 9.17) is 11.5 Å². The van der Waals surface area contributed by atoms with Crippen LogP contribution in [-0.2, 0) is 0 Å². The minimum atomic E-state index is -0.116. The SMILES string of the molecule is CC(Nc1ccc(N)c(N)n1)c1nn[nH]n1. The summed E-state index contributed by atoms with van der Waals surface area (Å²) in [5.74, 6) is 1.46. The van der Waals surface area contributed by atoms with Crippen LogP contribution < -0.4 is 16.8 Å². The van der Waals surface area contributed by atoms with Gasteiger partial charge in [-0.25, -0.2) is 4.98 Å². The standard InChI is InChI=1S/C8H12N8/c1-4(8-13-15-16-14-8)11-6-3-2-5(9)7(10)12-6/h2-4H,9H2,1H3,(H3,10,11,12)(H,13,14,15,16).